The minimum absolute atomic E-state index is 0.143. The highest BCUT2D eigenvalue weighted by Crippen LogP contribution is 2.27. The smallest absolute Gasteiger partial charge is 0.322 e. The summed E-state index contributed by atoms with van der Waals surface area (Å²) in [6.07, 6.45) is 4.30. The van der Waals surface area contributed by atoms with Crippen LogP contribution in [-0.2, 0) is 4.79 Å². The van der Waals surface area contributed by atoms with Gasteiger partial charge in [-0.25, -0.2) is 5.06 Å². The lowest BCUT2D eigenvalue weighted by atomic mass is 10.0. The summed E-state index contributed by atoms with van der Waals surface area (Å²) < 4.78 is 5.79. The van der Waals surface area contributed by atoms with Gasteiger partial charge in [0.25, 0.3) is 0 Å². The monoisotopic (exact) mass is 332 g/mol. The van der Waals surface area contributed by atoms with Crippen molar-refractivity contribution in [2.75, 3.05) is 18.5 Å². The van der Waals surface area contributed by atoms with Crippen molar-refractivity contribution in [2.24, 2.45) is 0 Å². The van der Waals surface area contributed by atoms with E-state index in [0.717, 1.165) is 31.4 Å². The van der Waals surface area contributed by atoms with Crippen LogP contribution >= 0.6 is 0 Å². The predicted octanol–water partition coefficient (Wildman–Crippen LogP) is 3.35. The first-order valence-electron chi connectivity index (χ1n) is 8.18. The molecule has 1 amide bonds. The molecule has 130 valence electrons. The molecule has 0 bridgehead atoms. The fourth-order valence-corrected chi connectivity index (χ4v) is 2.49. The van der Waals surface area contributed by atoms with Gasteiger partial charge in [0, 0.05) is 12.7 Å². The lowest BCUT2D eigenvalue weighted by Crippen LogP contribution is -2.24. The van der Waals surface area contributed by atoms with Gasteiger partial charge in [-0.15, -0.1) is 5.10 Å². The molecule has 0 saturated carbocycles. The van der Waals surface area contributed by atoms with Gasteiger partial charge in [0.05, 0.1) is 12.5 Å². The summed E-state index contributed by atoms with van der Waals surface area (Å²) in [6, 6.07) is 10.1. The van der Waals surface area contributed by atoms with Gasteiger partial charge >= 0.3 is 6.01 Å². The van der Waals surface area contributed by atoms with Crippen molar-refractivity contribution in [2.45, 2.75) is 38.5 Å². The molecule has 0 unspecified atom stereocenters. The largest absolute Gasteiger partial charge is 0.407 e. The fourth-order valence-electron chi connectivity index (χ4n) is 2.49. The van der Waals surface area contributed by atoms with Crippen LogP contribution in [0.25, 0.3) is 0 Å². The quantitative estimate of drug-likeness (QED) is 0.311. The summed E-state index contributed by atoms with van der Waals surface area (Å²) in [5.41, 5.74) is 0.937. The van der Waals surface area contributed by atoms with E-state index in [9.17, 15) is 10.0 Å². The molecule has 2 rings (SSSR count). The first kappa shape index (κ1) is 17.9. The van der Waals surface area contributed by atoms with Crippen LogP contribution in [-0.4, -0.2) is 40.5 Å². The maximum absolute atomic E-state index is 10.7. The van der Waals surface area contributed by atoms with Crippen molar-refractivity contribution in [1.82, 2.24) is 15.3 Å². The Bertz CT molecular complexity index is 617. The Kier molecular flexibility index (Phi) is 6.74. The molecular formula is C17H24N4O3. The second-order valence-electron chi connectivity index (χ2n) is 5.74. The maximum Gasteiger partial charge on any atom is 0.322 e. The number of rotatable bonds is 10. The lowest BCUT2D eigenvalue weighted by molar-refractivity contribution is -0.151. The van der Waals surface area contributed by atoms with Crippen LogP contribution in [0.3, 0.4) is 0 Å². The van der Waals surface area contributed by atoms with Crippen LogP contribution in [0.5, 0.6) is 0 Å². The molecule has 0 aliphatic heterocycles. The van der Waals surface area contributed by atoms with Gasteiger partial charge in [0.1, 0.15) is 0 Å². The number of aromatic nitrogens is 2. The van der Waals surface area contributed by atoms with Gasteiger partial charge in [-0.05, 0) is 18.6 Å². The lowest BCUT2D eigenvalue weighted by Gasteiger charge is -2.17. The molecule has 1 atom stereocenters. The minimum atomic E-state index is -0.183. The summed E-state index contributed by atoms with van der Waals surface area (Å²) in [5.74, 6) is 0.252. The number of hydrogen-bond donors (Lipinski definition) is 1. The summed E-state index contributed by atoms with van der Waals surface area (Å²) >= 11 is 0. The van der Waals surface area contributed by atoms with E-state index in [0.29, 0.717) is 23.4 Å². The van der Waals surface area contributed by atoms with Gasteiger partial charge in [0.2, 0.25) is 12.3 Å². The molecular weight excluding hydrogens is 308 g/mol. The SMILES string of the molecule is CCCCC[C@@H](CN(O)C=O)c1nnc(N(C)c2ccccc2)o1. The van der Waals surface area contributed by atoms with Crippen LogP contribution in [0, 0.1) is 0 Å². The molecule has 0 radical (unpaired) electrons. The summed E-state index contributed by atoms with van der Waals surface area (Å²) in [7, 11) is 1.85. The molecule has 7 heteroatoms. The molecule has 1 N–H and O–H groups in total. The molecule has 0 aliphatic carbocycles. The number of hydroxylamine groups is 2. The number of carbonyl (C=O) groups is 1. The first-order chi connectivity index (χ1) is 11.7. The van der Waals surface area contributed by atoms with Gasteiger partial charge < -0.3 is 4.42 Å². The first-order valence-corrected chi connectivity index (χ1v) is 8.18. The van der Waals surface area contributed by atoms with E-state index in [4.69, 9.17) is 4.42 Å². The van der Waals surface area contributed by atoms with Crippen LogP contribution in [0.15, 0.2) is 34.7 Å². The van der Waals surface area contributed by atoms with E-state index in [1.807, 2.05) is 37.4 Å². The second-order valence-corrected chi connectivity index (χ2v) is 5.74. The van der Waals surface area contributed by atoms with Crippen molar-refractivity contribution >= 4 is 18.1 Å². The van der Waals surface area contributed by atoms with Crippen molar-refractivity contribution in [3.8, 4) is 0 Å². The standard InChI is InChI=1S/C17H24N4O3/c1-3-4-6-9-14(12-21(23)13-22)16-18-19-17(24-16)20(2)15-10-7-5-8-11-15/h5,7-8,10-11,13-14,23H,3-4,6,9,12H2,1-2H3/t14-/m0/s1. The van der Waals surface area contributed by atoms with Crippen LogP contribution in [0.1, 0.15) is 44.4 Å². The third-order valence-corrected chi connectivity index (χ3v) is 3.89. The average Bonchev–Trinajstić information content (AvgIpc) is 3.11. The summed E-state index contributed by atoms with van der Waals surface area (Å²) in [4.78, 5) is 12.5. The number of carbonyl (C=O) groups excluding carboxylic acids is 1. The third kappa shape index (κ3) is 4.79. The Balaban J connectivity index is 2.12. The molecule has 0 aliphatic rings. The predicted molar refractivity (Wildman–Crippen MR) is 90.2 cm³/mol. The molecule has 7 nitrogen and oxygen atoms in total. The molecule has 24 heavy (non-hydrogen) atoms. The van der Waals surface area contributed by atoms with E-state index in [-0.39, 0.29) is 12.5 Å². The summed E-state index contributed by atoms with van der Waals surface area (Å²) in [5, 5.41) is 18.3. The number of para-hydroxylation sites is 1. The van der Waals surface area contributed by atoms with Gasteiger partial charge in [-0.2, -0.15) is 0 Å². The van der Waals surface area contributed by atoms with Gasteiger partial charge in [0.15, 0.2) is 0 Å². The number of anilines is 2. The number of benzene rings is 1. The summed E-state index contributed by atoms with van der Waals surface area (Å²) in [6.45, 7) is 2.27. The fraction of sp³-hybridized carbons (Fsp3) is 0.471. The Hall–Kier alpha value is -2.41. The van der Waals surface area contributed by atoms with Crippen molar-refractivity contribution in [1.29, 1.82) is 0 Å². The zero-order chi connectivity index (χ0) is 17.4. The molecule has 2 aromatic rings. The average molecular weight is 332 g/mol. The molecule has 0 saturated heterocycles. The van der Waals surface area contributed by atoms with Crippen molar-refractivity contribution < 1.29 is 14.4 Å². The molecule has 0 fully saturated rings. The van der Waals surface area contributed by atoms with Crippen LogP contribution in [0.4, 0.5) is 11.7 Å². The van der Waals surface area contributed by atoms with Crippen LogP contribution in [0.2, 0.25) is 0 Å². The van der Waals surface area contributed by atoms with E-state index < -0.39 is 0 Å². The molecule has 1 aromatic heterocycles. The van der Waals surface area contributed by atoms with Crippen LogP contribution < -0.4 is 4.90 Å². The second kappa shape index (κ2) is 9.02. The Morgan fingerprint density at radius 1 is 1.25 bits per heavy atom. The third-order valence-electron chi connectivity index (χ3n) is 3.89. The number of hydrogen-bond acceptors (Lipinski definition) is 6. The Morgan fingerprint density at radius 2 is 2.00 bits per heavy atom. The number of amides is 1. The minimum Gasteiger partial charge on any atom is -0.407 e. The van der Waals surface area contributed by atoms with Gasteiger partial charge in [-0.1, -0.05) is 49.5 Å². The topological polar surface area (TPSA) is 82.7 Å². The highest BCUT2D eigenvalue weighted by Gasteiger charge is 2.22. The Labute approximate surface area is 141 Å². The maximum atomic E-state index is 10.7. The number of unbranched alkanes of at least 4 members (excludes halogenated alkanes) is 2. The zero-order valence-electron chi connectivity index (χ0n) is 14.1. The van der Waals surface area contributed by atoms with Crippen molar-refractivity contribution in [3.63, 3.8) is 0 Å². The highest BCUT2D eigenvalue weighted by molar-refractivity contribution is 5.54. The highest BCUT2D eigenvalue weighted by atomic mass is 16.5. The molecule has 1 heterocycles. The van der Waals surface area contributed by atoms with Gasteiger partial charge in [-0.3, -0.25) is 14.9 Å². The molecule has 1 aromatic carbocycles. The molecule has 0 spiro atoms. The number of nitrogens with zero attached hydrogens (tertiary/aromatic N) is 4. The van der Waals surface area contributed by atoms with E-state index in [1.165, 1.54) is 0 Å². The zero-order valence-corrected chi connectivity index (χ0v) is 14.1. The van der Waals surface area contributed by atoms with E-state index in [1.54, 1.807) is 4.90 Å². The normalized spacial score (nSPS) is 12.0. The Morgan fingerprint density at radius 3 is 2.67 bits per heavy atom. The van der Waals surface area contributed by atoms with E-state index >= 15 is 0 Å². The van der Waals surface area contributed by atoms with Crippen molar-refractivity contribution in [3.05, 3.63) is 36.2 Å². The van der Waals surface area contributed by atoms with E-state index in [2.05, 4.69) is 17.1 Å².